The molecular weight excluding hydrogens is 178 g/mol. The molecule has 84 valence electrons. The van der Waals surface area contributed by atoms with E-state index in [0.717, 1.165) is 32.6 Å². The van der Waals surface area contributed by atoms with Gasteiger partial charge in [-0.1, -0.05) is 0 Å². The summed E-state index contributed by atoms with van der Waals surface area (Å²) in [4.78, 5) is 0. The molecule has 0 aromatic carbocycles. The fourth-order valence-electron chi connectivity index (χ4n) is 2.23. The highest BCUT2D eigenvalue weighted by molar-refractivity contribution is 4.91. The molecule has 1 N–H and O–H groups in total. The first-order valence-electron chi connectivity index (χ1n) is 5.56. The molecule has 0 amide bonds. The summed E-state index contributed by atoms with van der Waals surface area (Å²) in [5.41, 5.74) is 0.114. The molecule has 0 atom stereocenters. The van der Waals surface area contributed by atoms with Crippen LogP contribution in [0.15, 0.2) is 0 Å². The highest BCUT2D eigenvalue weighted by atomic mass is 16.7. The Morgan fingerprint density at radius 1 is 1.14 bits per heavy atom. The van der Waals surface area contributed by atoms with Crippen LogP contribution in [-0.4, -0.2) is 31.1 Å². The van der Waals surface area contributed by atoms with Crippen LogP contribution >= 0.6 is 0 Å². The molecule has 3 heteroatoms. The summed E-state index contributed by atoms with van der Waals surface area (Å²) in [6.07, 6.45) is 1.86. The Bertz CT molecular complexity index is 169. The van der Waals surface area contributed by atoms with Gasteiger partial charge in [0, 0.05) is 38.1 Å². The molecule has 0 spiro atoms. The van der Waals surface area contributed by atoms with Gasteiger partial charge in [-0.2, -0.15) is 0 Å². The molecule has 1 saturated heterocycles. The van der Waals surface area contributed by atoms with Gasteiger partial charge in [-0.3, -0.25) is 0 Å². The lowest BCUT2D eigenvalue weighted by atomic mass is 9.88. The Labute approximate surface area is 87.2 Å². The number of ether oxygens (including phenoxy) is 2. The Morgan fingerprint density at radius 3 is 2.14 bits per heavy atom. The van der Waals surface area contributed by atoms with Gasteiger partial charge in [0.05, 0.1) is 0 Å². The van der Waals surface area contributed by atoms with Gasteiger partial charge in [-0.15, -0.1) is 0 Å². The van der Waals surface area contributed by atoms with E-state index in [9.17, 15) is 0 Å². The molecule has 0 bridgehead atoms. The minimum Gasteiger partial charge on any atom is -0.350 e. The second-order valence-electron chi connectivity index (χ2n) is 4.51. The molecule has 0 saturated carbocycles. The van der Waals surface area contributed by atoms with Crippen molar-refractivity contribution in [2.45, 2.75) is 51.9 Å². The molecule has 0 aromatic heterocycles. The van der Waals surface area contributed by atoms with Gasteiger partial charge in [0.1, 0.15) is 0 Å². The normalized spacial score (nSPS) is 24.9. The molecule has 1 aliphatic rings. The maximum Gasteiger partial charge on any atom is 0.171 e. The summed E-state index contributed by atoms with van der Waals surface area (Å²) in [5.74, 6) is -0.349. The van der Waals surface area contributed by atoms with Crippen LogP contribution in [-0.2, 0) is 9.47 Å². The van der Waals surface area contributed by atoms with Crippen LogP contribution in [0.1, 0.15) is 40.5 Å². The van der Waals surface area contributed by atoms with Crippen LogP contribution < -0.4 is 5.32 Å². The van der Waals surface area contributed by atoms with Crippen molar-refractivity contribution in [2.24, 2.45) is 0 Å². The predicted molar refractivity (Wildman–Crippen MR) is 57.3 cm³/mol. The van der Waals surface area contributed by atoms with Crippen LogP contribution in [0, 0.1) is 0 Å². The van der Waals surface area contributed by atoms with Crippen molar-refractivity contribution in [3.05, 3.63) is 0 Å². The van der Waals surface area contributed by atoms with E-state index >= 15 is 0 Å². The smallest absolute Gasteiger partial charge is 0.171 e. The van der Waals surface area contributed by atoms with Crippen molar-refractivity contribution in [1.29, 1.82) is 0 Å². The summed E-state index contributed by atoms with van der Waals surface area (Å²) in [6, 6.07) is 0. The molecule has 0 aliphatic carbocycles. The van der Waals surface area contributed by atoms with Gasteiger partial charge in [-0.05, 0) is 27.7 Å². The maximum absolute atomic E-state index is 5.78. The van der Waals surface area contributed by atoms with Gasteiger partial charge in [0.15, 0.2) is 5.79 Å². The van der Waals surface area contributed by atoms with Crippen molar-refractivity contribution in [1.82, 2.24) is 5.32 Å². The molecule has 0 aromatic rings. The molecule has 3 nitrogen and oxygen atoms in total. The molecule has 0 unspecified atom stereocenters. The molecule has 1 rings (SSSR count). The third kappa shape index (κ3) is 2.94. The minimum absolute atomic E-state index is 0.114. The van der Waals surface area contributed by atoms with Crippen molar-refractivity contribution < 1.29 is 9.47 Å². The Balaban J connectivity index is 2.65. The zero-order valence-corrected chi connectivity index (χ0v) is 9.85. The quantitative estimate of drug-likeness (QED) is 0.705. The van der Waals surface area contributed by atoms with Gasteiger partial charge in [0.2, 0.25) is 0 Å². The standard InChI is InChI=1S/C11H23NO2/c1-5-13-11(14-6-2)7-8-12-10(3,4)9-11/h12H,5-9H2,1-4H3. The molecule has 1 aliphatic heterocycles. The Morgan fingerprint density at radius 2 is 1.71 bits per heavy atom. The molecule has 0 radical (unpaired) electrons. The highest BCUT2D eigenvalue weighted by Crippen LogP contribution is 2.32. The first-order valence-corrected chi connectivity index (χ1v) is 5.56. The number of hydrogen-bond acceptors (Lipinski definition) is 3. The number of rotatable bonds is 4. The van der Waals surface area contributed by atoms with E-state index < -0.39 is 0 Å². The number of piperidine rings is 1. The van der Waals surface area contributed by atoms with E-state index in [1.165, 1.54) is 0 Å². The summed E-state index contributed by atoms with van der Waals surface area (Å²) in [6.45, 7) is 10.8. The van der Waals surface area contributed by atoms with Gasteiger partial charge in [-0.25, -0.2) is 0 Å². The Kier molecular flexibility index (Phi) is 3.93. The van der Waals surface area contributed by atoms with Crippen molar-refractivity contribution in [2.75, 3.05) is 19.8 Å². The van der Waals surface area contributed by atoms with Crippen molar-refractivity contribution in [3.8, 4) is 0 Å². The van der Waals surface area contributed by atoms with E-state index in [4.69, 9.17) is 9.47 Å². The SMILES string of the molecule is CCOC1(OCC)CCNC(C)(C)C1. The summed E-state index contributed by atoms with van der Waals surface area (Å²) >= 11 is 0. The van der Waals surface area contributed by atoms with E-state index in [0.29, 0.717) is 0 Å². The third-order valence-corrected chi connectivity index (χ3v) is 2.64. The highest BCUT2D eigenvalue weighted by Gasteiger charge is 2.41. The van der Waals surface area contributed by atoms with Gasteiger partial charge in [0.25, 0.3) is 0 Å². The summed E-state index contributed by atoms with van der Waals surface area (Å²) < 4.78 is 11.6. The molecular formula is C11H23NO2. The van der Waals surface area contributed by atoms with Crippen LogP contribution in [0.2, 0.25) is 0 Å². The van der Waals surface area contributed by atoms with Crippen LogP contribution in [0.3, 0.4) is 0 Å². The fraction of sp³-hybridized carbons (Fsp3) is 1.00. The first-order chi connectivity index (χ1) is 6.54. The van der Waals surface area contributed by atoms with E-state index in [-0.39, 0.29) is 11.3 Å². The summed E-state index contributed by atoms with van der Waals surface area (Å²) in [7, 11) is 0. The molecule has 14 heavy (non-hydrogen) atoms. The average molecular weight is 201 g/mol. The second kappa shape index (κ2) is 4.60. The zero-order chi connectivity index (χ0) is 10.7. The monoisotopic (exact) mass is 201 g/mol. The van der Waals surface area contributed by atoms with Gasteiger partial charge >= 0.3 is 0 Å². The third-order valence-electron chi connectivity index (χ3n) is 2.64. The van der Waals surface area contributed by atoms with Crippen LogP contribution in [0.4, 0.5) is 0 Å². The van der Waals surface area contributed by atoms with E-state index in [1.807, 2.05) is 13.8 Å². The zero-order valence-electron chi connectivity index (χ0n) is 9.85. The van der Waals surface area contributed by atoms with Crippen molar-refractivity contribution in [3.63, 3.8) is 0 Å². The van der Waals surface area contributed by atoms with Gasteiger partial charge < -0.3 is 14.8 Å². The topological polar surface area (TPSA) is 30.5 Å². The van der Waals surface area contributed by atoms with E-state index in [1.54, 1.807) is 0 Å². The molecule has 1 fully saturated rings. The number of nitrogens with one attached hydrogen (secondary N) is 1. The number of hydrogen-bond donors (Lipinski definition) is 1. The predicted octanol–water partition coefficient (Wildman–Crippen LogP) is 1.92. The van der Waals surface area contributed by atoms with Crippen molar-refractivity contribution >= 4 is 0 Å². The second-order valence-corrected chi connectivity index (χ2v) is 4.51. The molecule has 1 heterocycles. The van der Waals surface area contributed by atoms with Crippen LogP contribution in [0.5, 0.6) is 0 Å². The average Bonchev–Trinajstić information content (AvgIpc) is 2.02. The van der Waals surface area contributed by atoms with Crippen LogP contribution in [0.25, 0.3) is 0 Å². The largest absolute Gasteiger partial charge is 0.350 e. The Hall–Kier alpha value is -0.120. The lowest BCUT2D eigenvalue weighted by Crippen LogP contribution is -2.56. The lowest BCUT2D eigenvalue weighted by Gasteiger charge is -2.44. The fourth-order valence-corrected chi connectivity index (χ4v) is 2.23. The maximum atomic E-state index is 5.78. The summed E-state index contributed by atoms with van der Waals surface area (Å²) in [5, 5.41) is 3.47. The van der Waals surface area contributed by atoms with E-state index in [2.05, 4.69) is 19.2 Å². The minimum atomic E-state index is -0.349. The first kappa shape index (κ1) is 12.0. The lowest BCUT2D eigenvalue weighted by molar-refractivity contribution is -0.255.